The SMILES string of the molecule is CCOC(=O)CCc1cc(-n2cncc2-c2ccccc2)ccc1N. The summed E-state index contributed by atoms with van der Waals surface area (Å²) in [4.78, 5) is 15.9. The second-order valence-corrected chi connectivity index (χ2v) is 5.70. The van der Waals surface area contributed by atoms with Crippen LogP contribution in [0.4, 0.5) is 5.69 Å². The van der Waals surface area contributed by atoms with Crippen LogP contribution in [0.25, 0.3) is 16.9 Å². The molecule has 25 heavy (non-hydrogen) atoms. The van der Waals surface area contributed by atoms with Crippen molar-refractivity contribution in [2.45, 2.75) is 19.8 Å². The molecule has 3 rings (SSSR count). The lowest BCUT2D eigenvalue weighted by Crippen LogP contribution is -2.07. The first-order chi connectivity index (χ1) is 12.2. The fourth-order valence-electron chi connectivity index (χ4n) is 2.75. The number of carbonyl (C=O) groups excluding carboxylic acids is 1. The van der Waals surface area contributed by atoms with E-state index in [0.717, 1.165) is 22.5 Å². The molecular formula is C20H21N3O2. The molecule has 2 aromatic carbocycles. The molecule has 3 aromatic rings. The van der Waals surface area contributed by atoms with Crippen molar-refractivity contribution in [3.8, 4) is 16.9 Å². The van der Waals surface area contributed by atoms with Gasteiger partial charge >= 0.3 is 5.97 Å². The molecule has 1 heterocycles. The van der Waals surface area contributed by atoms with Crippen LogP contribution in [-0.2, 0) is 16.0 Å². The number of carbonyl (C=O) groups is 1. The first-order valence-electron chi connectivity index (χ1n) is 8.31. The summed E-state index contributed by atoms with van der Waals surface area (Å²) in [6.45, 7) is 2.20. The maximum atomic E-state index is 11.6. The number of rotatable bonds is 6. The monoisotopic (exact) mass is 335 g/mol. The van der Waals surface area contributed by atoms with Crippen LogP contribution in [0.15, 0.2) is 61.1 Å². The molecule has 0 saturated heterocycles. The third-order valence-electron chi connectivity index (χ3n) is 4.02. The van der Waals surface area contributed by atoms with E-state index >= 15 is 0 Å². The van der Waals surface area contributed by atoms with Gasteiger partial charge in [-0.3, -0.25) is 9.36 Å². The van der Waals surface area contributed by atoms with Gasteiger partial charge in [0.25, 0.3) is 0 Å². The van der Waals surface area contributed by atoms with E-state index in [0.29, 0.717) is 25.1 Å². The van der Waals surface area contributed by atoms with Crippen molar-refractivity contribution in [2.75, 3.05) is 12.3 Å². The van der Waals surface area contributed by atoms with Gasteiger partial charge in [0, 0.05) is 23.4 Å². The number of ether oxygens (including phenoxy) is 1. The lowest BCUT2D eigenvalue weighted by Gasteiger charge is -2.12. The fourth-order valence-corrected chi connectivity index (χ4v) is 2.75. The molecule has 0 amide bonds. The third-order valence-corrected chi connectivity index (χ3v) is 4.02. The summed E-state index contributed by atoms with van der Waals surface area (Å²) < 4.78 is 7.00. The van der Waals surface area contributed by atoms with Gasteiger partial charge in [0.05, 0.1) is 24.8 Å². The summed E-state index contributed by atoms with van der Waals surface area (Å²) in [5.74, 6) is -0.208. The summed E-state index contributed by atoms with van der Waals surface area (Å²) in [5, 5.41) is 0. The average molecular weight is 335 g/mol. The van der Waals surface area contributed by atoms with Gasteiger partial charge in [0.2, 0.25) is 0 Å². The van der Waals surface area contributed by atoms with Gasteiger partial charge in [0.1, 0.15) is 0 Å². The Morgan fingerprint density at radius 1 is 1.20 bits per heavy atom. The molecule has 0 radical (unpaired) electrons. The van der Waals surface area contributed by atoms with Crippen molar-refractivity contribution in [1.29, 1.82) is 0 Å². The normalized spacial score (nSPS) is 10.6. The first-order valence-corrected chi connectivity index (χ1v) is 8.31. The summed E-state index contributed by atoms with van der Waals surface area (Å²) >= 11 is 0. The fraction of sp³-hybridized carbons (Fsp3) is 0.200. The molecule has 5 heteroatoms. The lowest BCUT2D eigenvalue weighted by atomic mass is 10.1. The standard InChI is InChI=1S/C20H21N3O2/c1-2-25-20(24)11-8-16-12-17(9-10-18(16)21)23-14-22-13-19(23)15-6-4-3-5-7-15/h3-7,9-10,12-14H,2,8,11,21H2,1H3. The topological polar surface area (TPSA) is 70.1 Å². The Bertz CT molecular complexity index is 856. The minimum Gasteiger partial charge on any atom is -0.466 e. The molecule has 128 valence electrons. The van der Waals surface area contributed by atoms with Crippen molar-refractivity contribution in [3.05, 3.63) is 66.6 Å². The van der Waals surface area contributed by atoms with Crippen LogP contribution in [0.1, 0.15) is 18.9 Å². The highest BCUT2D eigenvalue weighted by Gasteiger charge is 2.10. The lowest BCUT2D eigenvalue weighted by molar-refractivity contribution is -0.143. The van der Waals surface area contributed by atoms with Gasteiger partial charge in [-0.1, -0.05) is 30.3 Å². The number of nitrogens with two attached hydrogens (primary N) is 1. The van der Waals surface area contributed by atoms with E-state index in [1.807, 2.05) is 59.3 Å². The summed E-state index contributed by atoms with van der Waals surface area (Å²) in [7, 11) is 0. The van der Waals surface area contributed by atoms with E-state index in [2.05, 4.69) is 4.98 Å². The maximum absolute atomic E-state index is 11.6. The molecule has 0 unspecified atom stereocenters. The minimum absolute atomic E-state index is 0.208. The highest BCUT2D eigenvalue weighted by Crippen LogP contribution is 2.25. The first kappa shape index (κ1) is 16.8. The van der Waals surface area contributed by atoms with Gasteiger partial charge in [-0.2, -0.15) is 0 Å². The zero-order valence-corrected chi connectivity index (χ0v) is 14.2. The van der Waals surface area contributed by atoms with Crippen LogP contribution < -0.4 is 5.73 Å². The van der Waals surface area contributed by atoms with Crippen LogP contribution >= 0.6 is 0 Å². The minimum atomic E-state index is -0.208. The van der Waals surface area contributed by atoms with Crippen LogP contribution in [0, 0.1) is 0 Å². The molecule has 1 aromatic heterocycles. The van der Waals surface area contributed by atoms with Crippen LogP contribution in [0.3, 0.4) is 0 Å². The Morgan fingerprint density at radius 3 is 2.76 bits per heavy atom. The van der Waals surface area contributed by atoms with Crippen molar-refractivity contribution in [1.82, 2.24) is 9.55 Å². The number of aryl methyl sites for hydroxylation is 1. The molecule has 0 saturated carbocycles. The Kier molecular flexibility index (Phi) is 5.14. The van der Waals surface area contributed by atoms with Crippen molar-refractivity contribution < 1.29 is 9.53 Å². The Morgan fingerprint density at radius 2 is 2.00 bits per heavy atom. The van der Waals surface area contributed by atoms with E-state index in [-0.39, 0.29) is 5.97 Å². The van der Waals surface area contributed by atoms with Gasteiger partial charge in [0.15, 0.2) is 0 Å². The molecule has 5 nitrogen and oxygen atoms in total. The highest BCUT2D eigenvalue weighted by atomic mass is 16.5. The molecule has 0 atom stereocenters. The number of nitrogens with zero attached hydrogens (tertiary/aromatic N) is 2. The van der Waals surface area contributed by atoms with E-state index < -0.39 is 0 Å². The largest absolute Gasteiger partial charge is 0.466 e. The molecule has 0 aliphatic rings. The van der Waals surface area contributed by atoms with Gasteiger partial charge in [-0.25, -0.2) is 4.98 Å². The number of imidazole rings is 1. The molecule has 0 fully saturated rings. The van der Waals surface area contributed by atoms with Gasteiger partial charge in [-0.05, 0) is 37.1 Å². The summed E-state index contributed by atoms with van der Waals surface area (Å²) in [6, 6.07) is 15.9. The molecular weight excluding hydrogens is 314 g/mol. The zero-order chi connectivity index (χ0) is 17.6. The zero-order valence-electron chi connectivity index (χ0n) is 14.2. The Balaban J connectivity index is 1.88. The van der Waals surface area contributed by atoms with Crippen molar-refractivity contribution in [3.63, 3.8) is 0 Å². The van der Waals surface area contributed by atoms with Crippen LogP contribution in [0.2, 0.25) is 0 Å². The van der Waals surface area contributed by atoms with Crippen molar-refractivity contribution in [2.24, 2.45) is 0 Å². The Hall–Kier alpha value is -3.08. The number of esters is 1. The Labute approximate surface area is 147 Å². The number of nitrogen functional groups attached to an aromatic ring is 1. The number of hydrogen-bond acceptors (Lipinski definition) is 4. The third kappa shape index (κ3) is 3.88. The number of aromatic nitrogens is 2. The van der Waals surface area contributed by atoms with E-state index in [4.69, 9.17) is 10.5 Å². The second kappa shape index (κ2) is 7.66. The van der Waals surface area contributed by atoms with Crippen LogP contribution in [-0.4, -0.2) is 22.1 Å². The predicted molar refractivity (Wildman–Crippen MR) is 98.4 cm³/mol. The summed E-state index contributed by atoms with van der Waals surface area (Å²) in [6.07, 6.45) is 4.48. The molecule has 2 N–H and O–H groups in total. The number of hydrogen-bond donors (Lipinski definition) is 1. The molecule has 0 aliphatic carbocycles. The second-order valence-electron chi connectivity index (χ2n) is 5.70. The van der Waals surface area contributed by atoms with E-state index in [1.54, 1.807) is 13.3 Å². The predicted octanol–water partition coefficient (Wildman–Crippen LogP) is 3.62. The highest BCUT2D eigenvalue weighted by molar-refractivity contribution is 5.70. The molecule has 0 aliphatic heterocycles. The summed E-state index contributed by atoms with van der Waals surface area (Å²) in [5.41, 5.74) is 10.7. The maximum Gasteiger partial charge on any atom is 0.306 e. The quantitative estimate of drug-likeness (QED) is 0.552. The number of anilines is 1. The van der Waals surface area contributed by atoms with Crippen LogP contribution in [0.5, 0.6) is 0 Å². The number of benzene rings is 2. The average Bonchev–Trinajstić information content (AvgIpc) is 3.12. The van der Waals surface area contributed by atoms with Crippen molar-refractivity contribution >= 4 is 11.7 Å². The van der Waals surface area contributed by atoms with Gasteiger partial charge in [-0.15, -0.1) is 0 Å². The van der Waals surface area contributed by atoms with E-state index in [1.165, 1.54) is 0 Å². The van der Waals surface area contributed by atoms with Gasteiger partial charge < -0.3 is 10.5 Å². The van der Waals surface area contributed by atoms with E-state index in [9.17, 15) is 4.79 Å². The molecule has 0 bridgehead atoms. The molecule has 0 spiro atoms. The smallest absolute Gasteiger partial charge is 0.306 e.